The molecule has 0 aliphatic heterocycles. The Hall–Kier alpha value is -1.89. The molecule has 0 saturated carbocycles. The van der Waals surface area contributed by atoms with Crippen LogP contribution in [0.3, 0.4) is 0 Å². The molecule has 0 saturated heterocycles. The highest BCUT2D eigenvalue weighted by Gasteiger charge is 2.31. The highest BCUT2D eigenvalue weighted by Crippen LogP contribution is 2.29. The fraction of sp³-hybridized carbons (Fsp3) is 0.500. The number of ether oxygens (including phenoxy) is 1. The van der Waals surface area contributed by atoms with Gasteiger partial charge in [0.1, 0.15) is 11.0 Å². The number of rotatable bonds is 5. The molecule has 126 valence electrons. The highest BCUT2D eigenvalue weighted by atomic mass is 32.2. The second-order valence-electron chi connectivity index (χ2n) is 6.47. The van der Waals surface area contributed by atoms with Gasteiger partial charge in [0.15, 0.2) is 15.7 Å². The largest absolute Gasteiger partial charge is 0.496 e. The summed E-state index contributed by atoms with van der Waals surface area (Å²) in [5.74, 6) is 1.01. The average molecular weight is 338 g/mol. The summed E-state index contributed by atoms with van der Waals surface area (Å²) in [5, 5.41) is 3.01. The molecular formula is C16H22N2O4S. The Morgan fingerprint density at radius 2 is 1.91 bits per heavy atom. The molecule has 0 fully saturated rings. The lowest BCUT2D eigenvalue weighted by molar-refractivity contribution is 0.361. The topological polar surface area (TPSA) is 82.3 Å². The molecule has 1 aromatic heterocycles. The van der Waals surface area contributed by atoms with E-state index in [1.807, 2.05) is 20.8 Å². The molecule has 1 heterocycles. The minimum atomic E-state index is -3.51. The summed E-state index contributed by atoms with van der Waals surface area (Å²) in [5.41, 5.74) is 0.311. The third-order valence-electron chi connectivity index (χ3n) is 3.55. The second kappa shape index (κ2) is 6.31. The monoisotopic (exact) mass is 338 g/mol. The maximum Gasteiger partial charge on any atom is 0.244 e. The van der Waals surface area contributed by atoms with E-state index in [4.69, 9.17) is 9.26 Å². The van der Waals surface area contributed by atoms with Crippen LogP contribution in [-0.2, 0) is 21.0 Å². The maximum atomic E-state index is 12.6. The Morgan fingerprint density at radius 1 is 1.26 bits per heavy atom. The maximum absolute atomic E-state index is 12.6. The van der Waals surface area contributed by atoms with E-state index >= 15 is 0 Å². The van der Waals surface area contributed by atoms with E-state index in [2.05, 4.69) is 10.1 Å². The van der Waals surface area contributed by atoms with Gasteiger partial charge in [0, 0.05) is 11.0 Å². The van der Waals surface area contributed by atoms with Crippen molar-refractivity contribution >= 4 is 9.84 Å². The Bertz CT molecular complexity index is 775. The normalized spacial score (nSPS) is 13.8. The molecule has 0 aliphatic rings. The number of aromatic nitrogens is 2. The van der Waals surface area contributed by atoms with Gasteiger partial charge in [0.05, 0.1) is 12.9 Å². The van der Waals surface area contributed by atoms with Crippen molar-refractivity contribution in [2.45, 2.75) is 44.1 Å². The van der Waals surface area contributed by atoms with Gasteiger partial charge in [-0.2, -0.15) is 4.98 Å². The molecule has 0 N–H and O–H groups in total. The smallest absolute Gasteiger partial charge is 0.244 e. The molecule has 0 amide bonds. The SMILES string of the molecule is COc1ccccc1CS(=O)(=O)[C@@H](C)c1nc(C(C)(C)C)no1. The van der Waals surface area contributed by atoms with Crippen molar-refractivity contribution in [3.63, 3.8) is 0 Å². The van der Waals surface area contributed by atoms with Crippen LogP contribution in [-0.4, -0.2) is 25.7 Å². The van der Waals surface area contributed by atoms with Gasteiger partial charge in [0.2, 0.25) is 5.89 Å². The lowest BCUT2D eigenvalue weighted by atomic mass is 9.96. The van der Waals surface area contributed by atoms with Crippen molar-refractivity contribution in [2.24, 2.45) is 0 Å². The van der Waals surface area contributed by atoms with Crippen molar-refractivity contribution in [3.8, 4) is 5.75 Å². The van der Waals surface area contributed by atoms with Gasteiger partial charge in [-0.25, -0.2) is 8.42 Å². The minimum absolute atomic E-state index is 0.116. The first kappa shape index (κ1) is 17.5. The van der Waals surface area contributed by atoms with Crippen molar-refractivity contribution in [3.05, 3.63) is 41.5 Å². The number of nitrogens with zero attached hydrogens (tertiary/aromatic N) is 2. The van der Waals surface area contributed by atoms with E-state index in [-0.39, 0.29) is 17.1 Å². The highest BCUT2D eigenvalue weighted by molar-refractivity contribution is 7.90. The molecule has 6 nitrogen and oxygen atoms in total. The number of sulfone groups is 1. The Balaban J connectivity index is 2.27. The van der Waals surface area contributed by atoms with Gasteiger partial charge in [-0.05, 0) is 13.0 Å². The molecule has 23 heavy (non-hydrogen) atoms. The van der Waals surface area contributed by atoms with Gasteiger partial charge in [-0.3, -0.25) is 0 Å². The molecule has 0 spiro atoms. The van der Waals surface area contributed by atoms with Crippen LogP contribution in [0, 0.1) is 0 Å². The van der Waals surface area contributed by atoms with Crippen LogP contribution in [0.15, 0.2) is 28.8 Å². The lowest BCUT2D eigenvalue weighted by Crippen LogP contribution is -2.16. The zero-order chi connectivity index (χ0) is 17.3. The van der Waals surface area contributed by atoms with Crippen LogP contribution in [0.1, 0.15) is 50.2 Å². The van der Waals surface area contributed by atoms with E-state index in [0.29, 0.717) is 17.1 Å². The summed E-state index contributed by atoms with van der Waals surface area (Å²) < 4.78 is 35.7. The standard InChI is InChI=1S/C16H22N2O4S/c1-11(14-17-15(18-22-14)16(2,3)4)23(19,20)10-12-8-6-7-9-13(12)21-5/h6-9,11H,10H2,1-5H3/t11-/m0/s1. The van der Waals surface area contributed by atoms with Crippen LogP contribution in [0.2, 0.25) is 0 Å². The lowest BCUT2D eigenvalue weighted by Gasteiger charge is -2.12. The van der Waals surface area contributed by atoms with Crippen molar-refractivity contribution in [2.75, 3.05) is 7.11 Å². The van der Waals surface area contributed by atoms with Crippen molar-refractivity contribution in [1.29, 1.82) is 0 Å². The van der Waals surface area contributed by atoms with E-state index in [1.54, 1.807) is 31.2 Å². The van der Waals surface area contributed by atoms with Crippen LogP contribution < -0.4 is 4.74 Å². The third kappa shape index (κ3) is 3.90. The van der Waals surface area contributed by atoms with Gasteiger partial charge < -0.3 is 9.26 Å². The summed E-state index contributed by atoms with van der Waals surface area (Å²) in [4.78, 5) is 4.24. The van der Waals surface area contributed by atoms with E-state index < -0.39 is 15.1 Å². The van der Waals surface area contributed by atoms with E-state index in [1.165, 1.54) is 7.11 Å². The number of hydrogen-bond acceptors (Lipinski definition) is 6. The van der Waals surface area contributed by atoms with Crippen molar-refractivity contribution in [1.82, 2.24) is 10.1 Å². The summed E-state index contributed by atoms with van der Waals surface area (Å²) in [6, 6.07) is 7.05. The molecule has 0 unspecified atom stereocenters. The summed E-state index contributed by atoms with van der Waals surface area (Å²) in [6.45, 7) is 7.38. The predicted octanol–water partition coefficient (Wildman–Crippen LogP) is 3.05. The fourth-order valence-electron chi connectivity index (χ4n) is 2.02. The Labute approximate surface area is 136 Å². The third-order valence-corrected chi connectivity index (χ3v) is 5.54. The first-order valence-electron chi connectivity index (χ1n) is 7.32. The number of methoxy groups -OCH3 is 1. The number of para-hydroxylation sites is 1. The van der Waals surface area contributed by atoms with Gasteiger partial charge >= 0.3 is 0 Å². The van der Waals surface area contributed by atoms with Crippen LogP contribution in [0.25, 0.3) is 0 Å². The number of hydrogen-bond donors (Lipinski definition) is 0. The van der Waals surface area contributed by atoms with E-state index in [0.717, 1.165) is 0 Å². The second-order valence-corrected chi connectivity index (χ2v) is 8.79. The molecule has 0 aliphatic carbocycles. The Kier molecular flexibility index (Phi) is 4.79. The fourth-order valence-corrected chi connectivity index (χ4v) is 3.35. The Morgan fingerprint density at radius 3 is 2.48 bits per heavy atom. The van der Waals surface area contributed by atoms with Gasteiger partial charge in [0.25, 0.3) is 0 Å². The molecule has 2 rings (SSSR count). The molecule has 7 heteroatoms. The molecule has 0 radical (unpaired) electrons. The van der Waals surface area contributed by atoms with E-state index in [9.17, 15) is 8.42 Å². The van der Waals surface area contributed by atoms with Crippen LogP contribution in [0.5, 0.6) is 5.75 Å². The molecule has 2 aromatic rings. The summed E-state index contributed by atoms with van der Waals surface area (Å²) >= 11 is 0. The zero-order valence-electron chi connectivity index (χ0n) is 14.0. The molecular weight excluding hydrogens is 316 g/mol. The van der Waals surface area contributed by atoms with Crippen LogP contribution >= 0.6 is 0 Å². The summed E-state index contributed by atoms with van der Waals surface area (Å²) in [6.07, 6.45) is 0. The zero-order valence-corrected chi connectivity index (χ0v) is 14.8. The van der Waals surface area contributed by atoms with Gasteiger partial charge in [-0.15, -0.1) is 0 Å². The average Bonchev–Trinajstić information content (AvgIpc) is 2.96. The molecule has 1 atom stereocenters. The minimum Gasteiger partial charge on any atom is -0.496 e. The number of benzene rings is 1. The van der Waals surface area contributed by atoms with Crippen molar-refractivity contribution < 1.29 is 17.7 Å². The van der Waals surface area contributed by atoms with Gasteiger partial charge in [-0.1, -0.05) is 44.1 Å². The quantitative estimate of drug-likeness (QED) is 0.833. The first-order valence-corrected chi connectivity index (χ1v) is 9.04. The van der Waals surface area contributed by atoms with Crippen LogP contribution in [0.4, 0.5) is 0 Å². The molecule has 1 aromatic carbocycles. The predicted molar refractivity (Wildman–Crippen MR) is 87.0 cm³/mol. The molecule has 0 bridgehead atoms. The first-order chi connectivity index (χ1) is 10.6. The summed E-state index contributed by atoms with van der Waals surface area (Å²) in [7, 11) is -1.99.